The van der Waals surface area contributed by atoms with Crippen molar-refractivity contribution in [3.8, 4) is 0 Å². The average Bonchev–Trinajstić information content (AvgIpc) is 2.41. The van der Waals surface area contributed by atoms with Crippen molar-refractivity contribution in [1.29, 1.82) is 0 Å². The molecule has 0 saturated carbocycles. The minimum absolute atomic E-state index is 0.0611. The van der Waals surface area contributed by atoms with Crippen molar-refractivity contribution in [2.75, 3.05) is 0 Å². The highest BCUT2D eigenvalue weighted by Crippen LogP contribution is 2.12. The highest BCUT2D eigenvalue weighted by Gasteiger charge is 2.11. The highest BCUT2D eigenvalue weighted by molar-refractivity contribution is 9.10. The van der Waals surface area contributed by atoms with E-state index >= 15 is 0 Å². The van der Waals surface area contributed by atoms with Crippen LogP contribution in [0.4, 0.5) is 0 Å². The molecule has 104 valence electrons. The maximum atomic E-state index is 12.1. The first-order chi connectivity index (χ1) is 9.54. The fraction of sp³-hybridized carbons (Fsp3) is 0.250. The van der Waals surface area contributed by atoms with Crippen molar-refractivity contribution < 1.29 is 4.79 Å². The zero-order valence-corrected chi connectivity index (χ0v) is 13.1. The average molecular weight is 333 g/mol. The van der Waals surface area contributed by atoms with E-state index in [9.17, 15) is 4.79 Å². The van der Waals surface area contributed by atoms with E-state index in [1.165, 1.54) is 5.56 Å². The van der Waals surface area contributed by atoms with Gasteiger partial charge in [0, 0.05) is 16.2 Å². The number of hydrogen-bond donors (Lipinski definition) is 1. The SMILES string of the molecule is Cc1cccc(C(=O)NC(C)Cc2ccc(Br)cc2)n1. The Bertz CT molecular complexity index is 596. The van der Waals surface area contributed by atoms with Gasteiger partial charge in [0.2, 0.25) is 0 Å². The van der Waals surface area contributed by atoms with Crippen LogP contribution in [0, 0.1) is 6.92 Å². The molecule has 0 spiro atoms. The number of hydrogen-bond acceptors (Lipinski definition) is 2. The van der Waals surface area contributed by atoms with Gasteiger partial charge < -0.3 is 5.32 Å². The quantitative estimate of drug-likeness (QED) is 0.930. The van der Waals surface area contributed by atoms with Gasteiger partial charge in [0.05, 0.1) is 0 Å². The van der Waals surface area contributed by atoms with Crippen LogP contribution in [0.5, 0.6) is 0 Å². The standard InChI is InChI=1S/C16H17BrN2O/c1-11-4-3-5-15(18-11)16(20)19-12(2)10-13-6-8-14(17)9-7-13/h3-9,12H,10H2,1-2H3,(H,19,20). The van der Waals surface area contributed by atoms with Crippen LogP contribution >= 0.6 is 15.9 Å². The first-order valence-corrected chi connectivity index (χ1v) is 7.33. The van der Waals surface area contributed by atoms with Gasteiger partial charge in [0.15, 0.2) is 0 Å². The normalized spacial score (nSPS) is 11.9. The van der Waals surface area contributed by atoms with Gasteiger partial charge in [0.1, 0.15) is 5.69 Å². The Kier molecular flexibility index (Phi) is 4.90. The monoisotopic (exact) mass is 332 g/mol. The van der Waals surface area contributed by atoms with Crippen molar-refractivity contribution in [1.82, 2.24) is 10.3 Å². The lowest BCUT2D eigenvalue weighted by atomic mass is 10.1. The number of rotatable bonds is 4. The Morgan fingerprint density at radius 1 is 1.25 bits per heavy atom. The largest absolute Gasteiger partial charge is 0.348 e. The molecule has 0 aliphatic carbocycles. The Morgan fingerprint density at radius 2 is 1.95 bits per heavy atom. The van der Waals surface area contributed by atoms with Crippen LogP contribution in [-0.2, 0) is 6.42 Å². The summed E-state index contributed by atoms with van der Waals surface area (Å²) in [6.45, 7) is 3.87. The van der Waals surface area contributed by atoms with E-state index in [0.717, 1.165) is 16.6 Å². The van der Waals surface area contributed by atoms with Gasteiger partial charge in [-0.25, -0.2) is 4.98 Å². The number of carbonyl (C=O) groups is 1. The van der Waals surface area contributed by atoms with Crippen molar-refractivity contribution in [3.05, 3.63) is 63.9 Å². The zero-order chi connectivity index (χ0) is 14.5. The van der Waals surface area contributed by atoms with Crippen LogP contribution in [-0.4, -0.2) is 16.9 Å². The number of aryl methyl sites for hydroxylation is 1. The number of nitrogens with zero attached hydrogens (tertiary/aromatic N) is 1. The van der Waals surface area contributed by atoms with Gasteiger partial charge in [-0.15, -0.1) is 0 Å². The highest BCUT2D eigenvalue weighted by atomic mass is 79.9. The molecule has 1 aromatic carbocycles. The van der Waals surface area contributed by atoms with Crippen molar-refractivity contribution in [2.24, 2.45) is 0 Å². The van der Waals surface area contributed by atoms with Gasteiger partial charge in [-0.2, -0.15) is 0 Å². The molecule has 3 nitrogen and oxygen atoms in total. The number of halogens is 1. The smallest absolute Gasteiger partial charge is 0.270 e. The molecule has 20 heavy (non-hydrogen) atoms. The van der Waals surface area contributed by atoms with Gasteiger partial charge in [-0.1, -0.05) is 34.1 Å². The predicted octanol–water partition coefficient (Wildman–Crippen LogP) is 3.51. The minimum Gasteiger partial charge on any atom is -0.348 e. The van der Waals surface area contributed by atoms with Crippen LogP contribution in [0.1, 0.15) is 28.7 Å². The number of benzene rings is 1. The third-order valence-electron chi connectivity index (χ3n) is 2.95. The van der Waals surface area contributed by atoms with Crippen LogP contribution < -0.4 is 5.32 Å². The minimum atomic E-state index is -0.127. The summed E-state index contributed by atoms with van der Waals surface area (Å²) in [6, 6.07) is 13.6. The Morgan fingerprint density at radius 3 is 2.60 bits per heavy atom. The molecule has 1 amide bonds. The van der Waals surface area contributed by atoms with E-state index < -0.39 is 0 Å². The molecule has 0 aliphatic rings. The molecule has 1 N–H and O–H groups in total. The lowest BCUT2D eigenvalue weighted by Gasteiger charge is -2.14. The van der Waals surface area contributed by atoms with E-state index in [4.69, 9.17) is 0 Å². The molecule has 2 rings (SSSR count). The summed E-state index contributed by atoms with van der Waals surface area (Å²) in [5, 5.41) is 2.97. The molecule has 2 aromatic rings. The Balaban J connectivity index is 1.95. The van der Waals surface area contributed by atoms with Gasteiger partial charge in [-0.3, -0.25) is 4.79 Å². The van der Waals surface area contributed by atoms with Crippen LogP contribution in [0.25, 0.3) is 0 Å². The predicted molar refractivity (Wildman–Crippen MR) is 83.7 cm³/mol. The molecular weight excluding hydrogens is 316 g/mol. The summed E-state index contributed by atoms with van der Waals surface area (Å²) in [7, 11) is 0. The summed E-state index contributed by atoms with van der Waals surface area (Å²) in [5.41, 5.74) is 2.50. The number of pyridine rings is 1. The topological polar surface area (TPSA) is 42.0 Å². The molecule has 1 aromatic heterocycles. The molecule has 0 radical (unpaired) electrons. The summed E-state index contributed by atoms with van der Waals surface area (Å²) in [5.74, 6) is -0.127. The fourth-order valence-corrected chi connectivity index (χ4v) is 2.26. The summed E-state index contributed by atoms with van der Waals surface area (Å²) < 4.78 is 1.06. The second-order valence-corrected chi connectivity index (χ2v) is 5.78. The van der Waals surface area contributed by atoms with E-state index in [1.54, 1.807) is 6.07 Å². The van der Waals surface area contributed by atoms with E-state index in [2.05, 4.69) is 38.4 Å². The number of amides is 1. The molecule has 1 heterocycles. The van der Waals surface area contributed by atoms with Gasteiger partial charge in [0.25, 0.3) is 5.91 Å². The lowest BCUT2D eigenvalue weighted by molar-refractivity contribution is 0.0935. The zero-order valence-electron chi connectivity index (χ0n) is 11.6. The molecule has 0 fully saturated rings. The van der Waals surface area contributed by atoms with E-state index in [-0.39, 0.29) is 11.9 Å². The van der Waals surface area contributed by atoms with Crippen molar-refractivity contribution >= 4 is 21.8 Å². The second kappa shape index (κ2) is 6.66. The van der Waals surface area contributed by atoms with Crippen LogP contribution in [0.3, 0.4) is 0 Å². The van der Waals surface area contributed by atoms with Gasteiger partial charge >= 0.3 is 0 Å². The Hall–Kier alpha value is -1.68. The van der Waals surface area contributed by atoms with E-state index in [0.29, 0.717) is 5.69 Å². The third kappa shape index (κ3) is 4.17. The Labute approximate surface area is 127 Å². The second-order valence-electron chi connectivity index (χ2n) is 4.87. The lowest BCUT2D eigenvalue weighted by Crippen LogP contribution is -2.34. The van der Waals surface area contributed by atoms with Crippen molar-refractivity contribution in [2.45, 2.75) is 26.3 Å². The summed E-state index contributed by atoms with van der Waals surface area (Å²) >= 11 is 3.41. The maximum absolute atomic E-state index is 12.1. The fourth-order valence-electron chi connectivity index (χ4n) is 1.99. The molecule has 4 heteroatoms. The first kappa shape index (κ1) is 14.7. The molecular formula is C16H17BrN2O. The maximum Gasteiger partial charge on any atom is 0.270 e. The molecule has 0 bridgehead atoms. The first-order valence-electron chi connectivity index (χ1n) is 6.53. The molecule has 0 aliphatic heterocycles. The van der Waals surface area contributed by atoms with E-state index in [1.807, 2.05) is 38.1 Å². The summed E-state index contributed by atoms with van der Waals surface area (Å²) in [6.07, 6.45) is 0.796. The van der Waals surface area contributed by atoms with Crippen molar-refractivity contribution in [3.63, 3.8) is 0 Å². The van der Waals surface area contributed by atoms with Crippen LogP contribution in [0.2, 0.25) is 0 Å². The van der Waals surface area contributed by atoms with Gasteiger partial charge in [-0.05, 0) is 50.1 Å². The molecule has 1 atom stereocenters. The number of aromatic nitrogens is 1. The molecule has 0 saturated heterocycles. The number of nitrogens with one attached hydrogen (secondary N) is 1. The summed E-state index contributed by atoms with van der Waals surface area (Å²) in [4.78, 5) is 16.3. The number of carbonyl (C=O) groups excluding carboxylic acids is 1. The third-order valence-corrected chi connectivity index (χ3v) is 3.48. The van der Waals surface area contributed by atoms with Crippen LogP contribution in [0.15, 0.2) is 46.9 Å². The molecule has 1 unspecified atom stereocenters.